The molecule has 1 aliphatic rings. The van der Waals surface area contributed by atoms with Crippen LogP contribution < -0.4 is 0 Å². The largest absolute Gasteiger partial charge is 0.465 e. The summed E-state index contributed by atoms with van der Waals surface area (Å²) in [7, 11) is 2.12. The molecule has 0 spiro atoms. The van der Waals surface area contributed by atoms with E-state index in [4.69, 9.17) is 9.47 Å². The van der Waals surface area contributed by atoms with Crippen molar-refractivity contribution in [3.8, 4) is 0 Å². The third-order valence-corrected chi connectivity index (χ3v) is 6.62. The van der Waals surface area contributed by atoms with Gasteiger partial charge in [0, 0.05) is 45.1 Å². The van der Waals surface area contributed by atoms with E-state index in [-0.39, 0.29) is 17.9 Å². The van der Waals surface area contributed by atoms with Gasteiger partial charge in [0.15, 0.2) is 0 Å². The number of carbonyl (C=O) groups excluding carboxylic acids is 2. The molecular formula is C30H54N2O4. The molecule has 1 atom stereocenters. The van der Waals surface area contributed by atoms with E-state index in [0.29, 0.717) is 26.1 Å². The Bertz CT molecular complexity index is 612. The predicted octanol–water partition coefficient (Wildman–Crippen LogP) is 6.16. The maximum atomic E-state index is 12.0. The van der Waals surface area contributed by atoms with Crippen molar-refractivity contribution in [2.24, 2.45) is 5.92 Å². The van der Waals surface area contributed by atoms with Crippen molar-refractivity contribution in [1.29, 1.82) is 0 Å². The first kappa shape index (κ1) is 32.4. The summed E-state index contributed by atoms with van der Waals surface area (Å²) in [6.07, 6.45) is 22.9. The number of nitrogens with zero attached hydrogens (tertiary/aromatic N) is 2. The van der Waals surface area contributed by atoms with Crippen molar-refractivity contribution in [2.45, 2.75) is 97.3 Å². The summed E-state index contributed by atoms with van der Waals surface area (Å²) in [4.78, 5) is 28.6. The molecule has 6 nitrogen and oxygen atoms in total. The Kier molecular flexibility index (Phi) is 20.3. The fourth-order valence-electron chi connectivity index (χ4n) is 4.06. The number of allylic oxidation sites excluding steroid dienone is 4. The van der Waals surface area contributed by atoms with E-state index < -0.39 is 0 Å². The molecule has 1 rings (SSSR count). The Balaban J connectivity index is 1.89. The van der Waals surface area contributed by atoms with Crippen LogP contribution in [-0.4, -0.2) is 74.7 Å². The topological polar surface area (TPSA) is 59.1 Å². The minimum Gasteiger partial charge on any atom is -0.465 e. The lowest BCUT2D eigenvalue weighted by Gasteiger charge is -2.32. The van der Waals surface area contributed by atoms with Gasteiger partial charge in [-0.2, -0.15) is 0 Å². The van der Waals surface area contributed by atoms with Gasteiger partial charge in [0.1, 0.15) is 0 Å². The Morgan fingerprint density at radius 3 is 1.94 bits per heavy atom. The predicted molar refractivity (Wildman–Crippen MR) is 149 cm³/mol. The molecule has 1 fully saturated rings. The van der Waals surface area contributed by atoms with Crippen LogP contribution in [-0.2, 0) is 19.1 Å². The van der Waals surface area contributed by atoms with E-state index in [9.17, 15) is 9.59 Å². The Morgan fingerprint density at radius 1 is 0.750 bits per heavy atom. The van der Waals surface area contributed by atoms with Crippen LogP contribution in [0.15, 0.2) is 24.3 Å². The third-order valence-electron chi connectivity index (χ3n) is 6.62. The number of ether oxygens (including phenoxy) is 2. The molecule has 0 aliphatic carbocycles. The van der Waals surface area contributed by atoms with E-state index >= 15 is 0 Å². The molecule has 0 bridgehead atoms. The van der Waals surface area contributed by atoms with Crippen LogP contribution >= 0.6 is 0 Å². The maximum absolute atomic E-state index is 12.0. The molecule has 0 amide bonds. The molecular weight excluding hydrogens is 452 g/mol. The smallest absolute Gasteiger partial charge is 0.307 e. The van der Waals surface area contributed by atoms with Crippen molar-refractivity contribution in [3.05, 3.63) is 24.3 Å². The summed E-state index contributed by atoms with van der Waals surface area (Å²) in [5.41, 5.74) is 0. The van der Waals surface area contributed by atoms with E-state index in [0.717, 1.165) is 58.4 Å². The van der Waals surface area contributed by atoms with E-state index in [1.165, 1.54) is 44.9 Å². The normalized spacial score (nSPS) is 16.1. The molecule has 208 valence electrons. The van der Waals surface area contributed by atoms with Gasteiger partial charge in [-0.3, -0.25) is 9.59 Å². The molecule has 1 unspecified atom stereocenters. The fraction of sp³-hybridized carbons (Fsp3) is 0.800. The van der Waals surface area contributed by atoms with Gasteiger partial charge in [0.25, 0.3) is 0 Å². The lowest BCUT2D eigenvalue weighted by atomic mass is 10.1. The first-order valence-electron chi connectivity index (χ1n) is 14.5. The van der Waals surface area contributed by atoms with E-state index in [1.54, 1.807) is 0 Å². The fourth-order valence-corrected chi connectivity index (χ4v) is 4.06. The Hall–Kier alpha value is -1.66. The van der Waals surface area contributed by atoms with Crippen molar-refractivity contribution < 1.29 is 19.1 Å². The number of esters is 2. The molecule has 1 saturated heterocycles. The Labute approximate surface area is 221 Å². The number of hydrogen-bond donors (Lipinski definition) is 0. The monoisotopic (exact) mass is 506 g/mol. The van der Waals surface area contributed by atoms with Crippen molar-refractivity contribution in [2.75, 3.05) is 53.0 Å². The van der Waals surface area contributed by atoms with Gasteiger partial charge in [-0.05, 0) is 45.6 Å². The quantitative estimate of drug-likeness (QED) is 0.106. The third kappa shape index (κ3) is 19.5. The van der Waals surface area contributed by atoms with E-state index in [1.807, 2.05) is 6.92 Å². The second-order valence-corrected chi connectivity index (χ2v) is 10.3. The zero-order valence-corrected chi connectivity index (χ0v) is 23.6. The van der Waals surface area contributed by atoms with Gasteiger partial charge in [0.05, 0.1) is 19.6 Å². The summed E-state index contributed by atoms with van der Waals surface area (Å²) in [6.45, 7) is 9.66. The minimum absolute atomic E-state index is 0.0196. The number of hydrogen-bond acceptors (Lipinski definition) is 6. The highest BCUT2D eigenvalue weighted by Crippen LogP contribution is 2.09. The second kappa shape index (κ2) is 22.5. The Morgan fingerprint density at radius 2 is 1.31 bits per heavy atom. The first-order valence-corrected chi connectivity index (χ1v) is 14.5. The lowest BCUT2D eigenvalue weighted by Crippen LogP contribution is -2.45. The van der Waals surface area contributed by atoms with Gasteiger partial charge in [-0.15, -0.1) is 0 Å². The summed E-state index contributed by atoms with van der Waals surface area (Å²) in [5, 5.41) is 0. The summed E-state index contributed by atoms with van der Waals surface area (Å²) in [6, 6.07) is 0. The van der Waals surface area contributed by atoms with Crippen molar-refractivity contribution in [1.82, 2.24) is 9.80 Å². The molecule has 1 aliphatic heterocycles. The maximum Gasteiger partial charge on any atom is 0.307 e. The number of piperazine rings is 1. The van der Waals surface area contributed by atoms with Gasteiger partial charge >= 0.3 is 11.9 Å². The van der Waals surface area contributed by atoms with Crippen LogP contribution in [0.25, 0.3) is 0 Å². The van der Waals surface area contributed by atoms with Crippen LogP contribution in [0.2, 0.25) is 0 Å². The molecule has 0 radical (unpaired) electrons. The van der Waals surface area contributed by atoms with Crippen molar-refractivity contribution in [3.63, 3.8) is 0 Å². The SMILES string of the molecule is CCCCC/C=C\C/C=C\CCCCCCCC(=O)OCC(C)COC(=O)CCN1CCN(C)CC1. The average Bonchev–Trinajstić information content (AvgIpc) is 2.88. The number of carbonyl (C=O) groups is 2. The van der Waals surface area contributed by atoms with Crippen LogP contribution in [0, 0.1) is 5.92 Å². The van der Waals surface area contributed by atoms with Gasteiger partial charge in [0.2, 0.25) is 0 Å². The van der Waals surface area contributed by atoms with Gasteiger partial charge in [-0.1, -0.05) is 70.3 Å². The molecule has 36 heavy (non-hydrogen) atoms. The molecule has 0 aromatic rings. The number of likely N-dealkylation sites (N-methyl/N-ethyl adjacent to an activating group) is 1. The molecule has 0 aromatic carbocycles. The highest BCUT2D eigenvalue weighted by Gasteiger charge is 2.16. The van der Waals surface area contributed by atoms with Crippen LogP contribution in [0.5, 0.6) is 0 Å². The molecule has 0 aromatic heterocycles. The number of unbranched alkanes of at least 4 members (excludes halogenated alkanes) is 8. The zero-order valence-electron chi connectivity index (χ0n) is 23.6. The number of rotatable bonds is 21. The summed E-state index contributed by atoms with van der Waals surface area (Å²) >= 11 is 0. The van der Waals surface area contributed by atoms with Crippen LogP contribution in [0.3, 0.4) is 0 Å². The highest BCUT2D eigenvalue weighted by atomic mass is 16.5. The molecule has 0 N–H and O–H groups in total. The molecule has 0 saturated carbocycles. The van der Waals surface area contributed by atoms with E-state index in [2.05, 4.69) is 48.1 Å². The van der Waals surface area contributed by atoms with Gasteiger partial charge in [-0.25, -0.2) is 0 Å². The minimum atomic E-state index is -0.169. The summed E-state index contributed by atoms with van der Waals surface area (Å²) < 4.78 is 10.7. The van der Waals surface area contributed by atoms with Crippen molar-refractivity contribution >= 4 is 11.9 Å². The van der Waals surface area contributed by atoms with Crippen LogP contribution in [0.4, 0.5) is 0 Å². The highest BCUT2D eigenvalue weighted by molar-refractivity contribution is 5.70. The second-order valence-electron chi connectivity index (χ2n) is 10.3. The lowest BCUT2D eigenvalue weighted by molar-refractivity contribution is -0.148. The van der Waals surface area contributed by atoms with Gasteiger partial charge < -0.3 is 19.3 Å². The standard InChI is InChI=1S/C30H54N2O4/c1-4-5-6-7-8-9-10-11-12-13-14-15-16-17-18-19-29(33)35-26-28(2)27-36-30(34)20-21-32-24-22-31(3)23-25-32/h8-9,11-12,28H,4-7,10,13-27H2,1-3H3/b9-8-,12-11-. The molecule has 6 heteroatoms. The summed E-state index contributed by atoms with van der Waals surface area (Å²) in [5.74, 6) is -0.294. The average molecular weight is 507 g/mol. The first-order chi connectivity index (χ1) is 17.5. The van der Waals surface area contributed by atoms with Crippen LogP contribution in [0.1, 0.15) is 97.3 Å². The zero-order chi connectivity index (χ0) is 26.3. The molecule has 1 heterocycles.